The minimum atomic E-state index is -0.557. The molecule has 0 bridgehead atoms. The van der Waals surface area contributed by atoms with Gasteiger partial charge < -0.3 is 5.73 Å². The average molecular weight is 229 g/mol. The van der Waals surface area contributed by atoms with Crippen LogP contribution in [-0.2, 0) is 0 Å². The van der Waals surface area contributed by atoms with Crippen molar-refractivity contribution in [3.63, 3.8) is 0 Å². The summed E-state index contributed by atoms with van der Waals surface area (Å²) in [5.74, 6) is -0.557. The molecule has 1 aromatic heterocycles. The molecule has 0 aliphatic rings. The lowest BCUT2D eigenvalue weighted by Gasteiger charge is -1.94. The fourth-order valence-electron chi connectivity index (χ4n) is 0.570. The number of aromatic nitrogens is 1. The second-order valence-electron chi connectivity index (χ2n) is 1.71. The van der Waals surface area contributed by atoms with E-state index in [1.54, 1.807) is 6.07 Å². The Hall–Kier alpha value is -0.510. The molecule has 0 fully saturated rings. The molecule has 1 heterocycles. The molecule has 0 spiro atoms. The van der Waals surface area contributed by atoms with Crippen molar-refractivity contribution in [2.75, 3.05) is 0 Å². The Labute approximate surface area is 87.1 Å². The lowest BCUT2D eigenvalue weighted by atomic mass is 10.3. The smallest absolute Gasteiger partial charge is 0.251 e. The van der Waals surface area contributed by atoms with Crippen LogP contribution >= 0.6 is 36.4 Å². The highest BCUT2D eigenvalue weighted by molar-refractivity contribution is 6.32. The van der Waals surface area contributed by atoms with Crippen molar-refractivity contribution in [3.05, 3.63) is 29.0 Å². The van der Waals surface area contributed by atoms with Crippen LogP contribution in [0.1, 0.15) is 10.4 Å². The molecule has 0 aliphatic heterocycles. The van der Waals surface area contributed by atoms with E-state index >= 15 is 0 Å². The van der Waals surface area contributed by atoms with Crippen LogP contribution in [0.5, 0.6) is 0 Å². The molecular formula is C6H7Cl3N2O. The lowest BCUT2D eigenvalue weighted by molar-refractivity contribution is 0.1000. The highest BCUT2D eigenvalue weighted by Gasteiger charge is 2.04. The first-order valence-electron chi connectivity index (χ1n) is 2.62. The quantitative estimate of drug-likeness (QED) is 0.745. The maximum Gasteiger partial charge on any atom is 0.251 e. The number of amides is 1. The predicted octanol–water partition coefficient (Wildman–Crippen LogP) is 1.68. The molecule has 1 amide bonds. The van der Waals surface area contributed by atoms with Crippen LogP contribution in [0, 0.1) is 0 Å². The molecule has 0 aromatic carbocycles. The van der Waals surface area contributed by atoms with E-state index in [1.165, 1.54) is 12.3 Å². The molecule has 12 heavy (non-hydrogen) atoms. The van der Waals surface area contributed by atoms with Crippen molar-refractivity contribution in [2.24, 2.45) is 5.73 Å². The summed E-state index contributed by atoms with van der Waals surface area (Å²) in [7, 11) is 0. The van der Waals surface area contributed by atoms with Gasteiger partial charge in [0.15, 0.2) is 0 Å². The molecule has 1 aromatic rings. The van der Waals surface area contributed by atoms with Gasteiger partial charge in [-0.1, -0.05) is 11.6 Å². The number of nitrogens with two attached hydrogens (primary N) is 1. The third-order valence-corrected chi connectivity index (χ3v) is 1.33. The van der Waals surface area contributed by atoms with Crippen LogP contribution in [0.2, 0.25) is 5.15 Å². The van der Waals surface area contributed by atoms with Crippen molar-refractivity contribution in [1.82, 2.24) is 4.98 Å². The standard InChI is InChI=1S/C6H5ClN2O.2ClH/c7-5-4(6(8)10)2-1-3-9-5;;/h1-3H,(H2,8,10);2*1H. The van der Waals surface area contributed by atoms with Gasteiger partial charge in [-0.05, 0) is 12.1 Å². The largest absolute Gasteiger partial charge is 0.366 e. The van der Waals surface area contributed by atoms with E-state index in [0.717, 1.165) is 0 Å². The predicted molar refractivity (Wildman–Crippen MR) is 52.3 cm³/mol. The molecule has 6 heteroatoms. The number of halogens is 3. The van der Waals surface area contributed by atoms with E-state index in [1.807, 2.05) is 0 Å². The topological polar surface area (TPSA) is 56.0 Å². The zero-order valence-corrected chi connectivity index (χ0v) is 8.25. The summed E-state index contributed by atoms with van der Waals surface area (Å²) in [6.45, 7) is 0. The van der Waals surface area contributed by atoms with Gasteiger partial charge in [0.1, 0.15) is 5.15 Å². The fraction of sp³-hybridized carbons (Fsp3) is 0. The number of rotatable bonds is 1. The van der Waals surface area contributed by atoms with Gasteiger partial charge in [-0.2, -0.15) is 0 Å². The molecule has 2 N–H and O–H groups in total. The van der Waals surface area contributed by atoms with Gasteiger partial charge in [-0.3, -0.25) is 4.79 Å². The first-order valence-corrected chi connectivity index (χ1v) is 3.00. The Kier molecular flexibility index (Phi) is 7.09. The Morgan fingerprint density at radius 1 is 1.50 bits per heavy atom. The number of hydrogen-bond acceptors (Lipinski definition) is 2. The van der Waals surface area contributed by atoms with Gasteiger partial charge in [0.2, 0.25) is 0 Å². The molecule has 68 valence electrons. The van der Waals surface area contributed by atoms with E-state index in [9.17, 15) is 4.79 Å². The van der Waals surface area contributed by atoms with Crippen LogP contribution in [0.15, 0.2) is 18.3 Å². The van der Waals surface area contributed by atoms with Crippen molar-refractivity contribution in [3.8, 4) is 0 Å². The molecule has 3 nitrogen and oxygen atoms in total. The first-order chi connectivity index (χ1) is 4.72. The number of hydrogen-bond donors (Lipinski definition) is 1. The minimum absolute atomic E-state index is 0. The normalized spacial score (nSPS) is 7.75. The SMILES string of the molecule is Cl.Cl.NC(=O)c1cccnc1Cl. The first kappa shape index (κ1) is 14.0. The molecule has 0 unspecified atom stereocenters. The zero-order valence-electron chi connectivity index (χ0n) is 5.86. The number of pyridine rings is 1. The summed E-state index contributed by atoms with van der Waals surface area (Å²) in [6.07, 6.45) is 1.49. The summed E-state index contributed by atoms with van der Waals surface area (Å²) in [4.78, 5) is 14.2. The maximum atomic E-state index is 10.5. The summed E-state index contributed by atoms with van der Waals surface area (Å²) < 4.78 is 0. The van der Waals surface area contributed by atoms with Crippen LogP contribution in [0.3, 0.4) is 0 Å². The Morgan fingerprint density at radius 3 is 2.42 bits per heavy atom. The Balaban J connectivity index is 0. The van der Waals surface area contributed by atoms with E-state index in [0.29, 0.717) is 0 Å². The summed E-state index contributed by atoms with van der Waals surface area (Å²) in [5, 5.41) is 0.148. The Morgan fingerprint density at radius 2 is 2.08 bits per heavy atom. The molecule has 0 saturated heterocycles. The highest BCUT2D eigenvalue weighted by atomic mass is 35.5. The van der Waals surface area contributed by atoms with Crippen molar-refractivity contribution in [2.45, 2.75) is 0 Å². The molecule has 0 aliphatic carbocycles. The van der Waals surface area contributed by atoms with E-state index in [4.69, 9.17) is 17.3 Å². The van der Waals surface area contributed by atoms with Gasteiger partial charge in [0.05, 0.1) is 5.56 Å². The van der Waals surface area contributed by atoms with Crippen LogP contribution in [0.4, 0.5) is 0 Å². The molecule has 0 radical (unpaired) electrons. The van der Waals surface area contributed by atoms with Crippen molar-refractivity contribution >= 4 is 42.3 Å². The van der Waals surface area contributed by atoms with Gasteiger partial charge in [0.25, 0.3) is 5.91 Å². The fourth-order valence-corrected chi connectivity index (χ4v) is 0.782. The third-order valence-electron chi connectivity index (χ3n) is 1.02. The number of carbonyl (C=O) groups excluding carboxylic acids is 1. The summed E-state index contributed by atoms with van der Waals surface area (Å²) in [5.41, 5.74) is 5.21. The molecule has 1 rings (SSSR count). The minimum Gasteiger partial charge on any atom is -0.366 e. The third kappa shape index (κ3) is 3.26. The lowest BCUT2D eigenvalue weighted by Crippen LogP contribution is -2.11. The number of nitrogens with zero attached hydrogens (tertiary/aromatic N) is 1. The van der Waals surface area contributed by atoms with E-state index in [-0.39, 0.29) is 35.5 Å². The van der Waals surface area contributed by atoms with Gasteiger partial charge in [0, 0.05) is 6.20 Å². The van der Waals surface area contributed by atoms with Gasteiger partial charge in [-0.15, -0.1) is 24.8 Å². The number of carbonyl (C=O) groups is 1. The van der Waals surface area contributed by atoms with E-state index < -0.39 is 5.91 Å². The average Bonchev–Trinajstić information content (AvgIpc) is 1.88. The zero-order chi connectivity index (χ0) is 7.56. The number of primary amides is 1. The summed E-state index contributed by atoms with van der Waals surface area (Å²) in [6, 6.07) is 3.13. The van der Waals surface area contributed by atoms with Crippen LogP contribution in [0.25, 0.3) is 0 Å². The molecular weight excluding hydrogens is 222 g/mol. The monoisotopic (exact) mass is 228 g/mol. The van der Waals surface area contributed by atoms with E-state index in [2.05, 4.69) is 4.98 Å². The van der Waals surface area contributed by atoms with Crippen LogP contribution < -0.4 is 5.73 Å². The highest BCUT2D eigenvalue weighted by Crippen LogP contribution is 2.09. The Bertz CT molecular complexity index is 267. The van der Waals surface area contributed by atoms with Crippen LogP contribution in [-0.4, -0.2) is 10.9 Å². The second kappa shape index (κ2) is 6.06. The summed E-state index contributed by atoms with van der Waals surface area (Å²) >= 11 is 5.51. The van der Waals surface area contributed by atoms with Crippen molar-refractivity contribution < 1.29 is 4.79 Å². The second-order valence-corrected chi connectivity index (χ2v) is 2.06. The van der Waals surface area contributed by atoms with Gasteiger partial charge in [-0.25, -0.2) is 4.98 Å². The molecule has 0 saturated carbocycles. The molecule has 0 atom stereocenters. The van der Waals surface area contributed by atoms with Crippen molar-refractivity contribution in [1.29, 1.82) is 0 Å². The van der Waals surface area contributed by atoms with Gasteiger partial charge >= 0.3 is 0 Å². The maximum absolute atomic E-state index is 10.5.